The number of nitrogens with zero attached hydrogens (tertiary/aromatic N) is 7. The van der Waals surface area contributed by atoms with Gasteiger partial charge in [0.15, 0.2) is 11.6 Å². The van der Waals surface area contributed by atoms with Crippen LogP contribution in [-0.2, 0) is 11.3 Å². The zero-order valence-electron chi connectivity index (χ0n) is 19.1. The van der Waals surface area contributed by atoms with Crippen LogP contribution in [0.4, 0.5) is 14.7 Å². The number of carbonyl (C=O) groups excluding carboxylic acids is 1. The van der Waals surface area contributed by atoms with Gasteiger partial charge in [0.25, 0.3) is 0 Å². The summed E-state index contributed by atoms with van der Waals surface area (Å²) in [5, 5.41) is 4.54. The molecular formula is C25H23F2N7O. The van der Waals surface area contributed by atoms with Crippen LogP contribution >= 0.6 is 0 Å². The number of benzene rings is 2. The summed E-state index contributed by atoms with van der Waals surface area (Å²) in [6.45, 7) is 3.65. The quantitative estimate of drug-likeness (QED) is 0.440. The molecule has 2 aromatic carbocycles. The summed E-state index contributed by atoms with van der Waals surface area (Å²) in [6, 6.07) is 13.5. The summed E-state index contributed by atoms with van der Waals surface area (Å²) in [5.74, 6) is 0.592. The van der Waals surface area contributed by atoms with Crippen LogP contribution in [0.3, 0.4) is 0 Å². The fourth-order valence-corrected chi connectivity index (χ4v) is 4.14. The lowest BCUT2D eigenvalue weighted by molar-refractivity contribution is -0.132. The second-order valence-corrected chi connectivity index (χ2v) is 8.36. The molecule has 1 saturated heterocycles. The molecule has 1 aliphatic rings. The van der Waals surface area contributed by atoms with E-state index in [1.807, 2.05) is 6.92 Å². The zero-order chi connectivity index (χ0) is 24.4. The van der Waals surface area contributed by atoms with Crippen LogP contribution in [0.25, 0.3) is 22.8 Å². The average molecular weight is 476 g/mol. The van der Waals surface area contributed by atoms with Gasteiger partial charge in [-0.25, -0.2) is 28.4 Å². The van der Waals surface area contributed by atoms with Gasteiger partial charge in [-0.1, -0.05) is 0 Å². The van der Waals surface area contributed by atoms with Crippen molar-refractivity contribution in [1.82, 2.24) is 29.6 Å². The van der Waals surface area contributed by atoms with Crippen molar-refractivity contribution in [2.75, 3.05) is 24.5 Å². The predicted molar refractivity (Wildman–Crippen MR) is 126 cm³/mol. The van der Waals surface area contributed by atoms with Crippen LogP contribution in [0.5, 0.6) is 0 Å². The fraction of sp³-hybridized carbons (Fsp3) is 0.240. The second kappa shape index (κ2) is 9.57. The molecule has 35 heavy (non-hydrogen) atoms. The maximum absolute atomic E-state index is 13.5. The van der Waals surface area contributed by atoms with Crippen molar-refractivity contribution in [3.05, 3.63) is 78.6 Å². The summed E-state index contributed by atoms with van der Waals surface area (Å²) >= 11 is 0. The van der Waals surface area contributed by atoms with Crippen LogP contribution in [0, 0.1) is 11.6 Å². The van der Waals surface area contributed by atoms with E-state index in [0.717, 1.165) is 0 Å². The largest absolute Gasteiger partial charge is 0.337 e. The van der Waals surface area contributed by atoms with Gasteiger partial charge in [0.05, 0.1) is 0 Å². The highest BCUT2D eigenvalue weighted by molar-refractivity contribution is 5.77. The normalized spacial score (nSPS) is 15.9. The van der Waals surface area contributed by atoms with Gasteiger partial charge in [0.2, 0.25) is 11.9 Å². The number of amides is 1. The Balaban J connectivity index is 1.38. The monoisotopic (exact) mass is 475 g/mol. The Morgan fingerprint density at radius 1 is 0.943 bits per heavy atom. The van der Waals surface area contributed by atoms with Crippen molar-refractivity contribution in [3.8, 4) is 22.8 Å². The van der Waals surface area contributed by atoms with E-state index in [2.05, 4.69) is 25.0 Å². The molecule has 1 unspecified atom stereocenters. The van der Waals surface area contributed by atoms with Crippen LogP contribution in [0.15, 0.2) is 67.0 Å². The molecule has 1 aliphatic heterocycles. The second-order valence-electron chi connectivity index (χ2n) is 8.36. The van der Waals surface area contributed by atoms with Gasteiger partial charge in [-0.2, -0.15) is 0 Å². The van der Waals surface area contributed by atoms with Crippen LogP contribution < -0.4 is 4.90 Å². The molecule has 10 heteroatoms. The minimum absolute atomic E-state index is 0.0323. The summed E-state index contributed by atoms with van der Waals surface area (Å²) < 4.78 is 28.4. The molecule has 4 aromatic rings. The molecule has 0 bridgehead atoms. The number of aromatic nitrogens is 5. The first kappa shape index (κ1) is 22.6. The average Bonchev–Trinajstić information content (AvgIpc) is 3.29. The van der Waals surface area contributed by atoms with Crippen LogP contribution in [0.2, 0.25) is 0 Å². The number of rotatable bonds is 5. The van der Waals surface area contributed by atoms with Gasteiger partial charge < -0.3 is 9.80 Å². The molecule has 5 rings (SSSR count). The van der Waals surface area contributed by atoms with Crippen molar-refractivity contribution < 1.29 is 13.6 Å². The maximum atomic E-state index is 13.5. The van der Waals surface area contributed by atoms with Gasteiger partial charge >= 0.3 is 0 Å². The Kier molecular flexibility index (Phi) is 6.17. The molecule has 3 heterocycles. The van der Waals surface area contributed by atoms with E-state index in [4.69, 9.17) is 0 Å². The van der Waals surface area contributed by atoms with Gasteiger partial charge in [-0.3, -0.25) is 4.79 Å². The topological polar surface area (TPSA) is 80.0 Å². The van der Waals surface area contributed by atoms with E-state index in [0.29, 0.717) is 48.4 Å². The van der Waals surface area contributed by atoms with Gasteiger partial charge in [-0.15, -0.1) is 5.10 Å². The first-order valence-corrected chi connectivity index (χ1v) is 11.3. The third kappa shape index (κ3) is 4.86. The third-order valence-corrected chi connectivity index (χ3v) is 5.95. The van der Waals surface area contributed by atoms with E-state index in [1.165, 1.54) is 28.9 Å². The van der Waals surface area contributed by atoms with Crippen LogP contribution in [-0.4, -0.2) is 61.2 Å². The van der Waals surface area contributed by atoms with Crippen molar-refractivity contribution in [2.24, 2.45) is 0 Å². The SMILES string of the molecule is CC1CN(C(=O)Cn2nc(-c3ccc(F)cc3)nc2-c2ccc(F)cc2)CCN1c1ncccn1. The molecular weight excluding hydrogens is 452 g/mol. The summed E-state index contributed by atoms with van der Waals surface area (Å²) in [4.78, 5) is 30.4. The Morgan fingerprint density at radius 2 is 1.57 bits per heavy atom. The van der Waals surface area contributed by atoms with Crippen molar-refractivity contribution in [3.63, 3.8) is 0 Å². The molecule has 178 valence electrons. The number of piperazine rings is 1. The predicted octanol–water partition coefficient (Wildman–Crippen LogP) is 3.42. The highest BCUT2D eigenvalue weighted by atomic mass is 19.1. The molecule has 0 aliphatic carbocycles. The van der Waals surface area contributed by atoms with Gasteiger partial charge in [0.1, 0.15) is 18.2 Å². The maximum Gasteiger partial charge on any atom is 0.244 e. The third-order valence-electron chi connectivity index (χ3n) is 5.95. The highest BCUT2D eigenvalue weighted by Crippen LogP contribution is 2.24. The molecule has 0 saturated carbocycles. The van der Waals surface area contributed by atoms with Crippen molar-refractivity contribution in [2.45, 2.75) is 19.5 Å². The fourth-order valence-electron chi connectivity index (χ4n) is 4.14. The van der Waals surface area contributed by atoms with E-state index < -0.39 is 0 Å². The minimum Gasteiger partial charge on any atom is -0.337 e. The Morgan fingerprint density at radius 3 is 2.20 bits per heavy atom. The number of hydrogen-bond acceptors (Lipinski definition) is 6. The molecule has 8 nitrogen and oxygen atoms in total. The van der Waals surface area contributed by atoms with Gasteiger partial charge in [0, 0.05) is 49.2 Å². The lowest BCUT2D eigenvalue weighted by Crippen LogP contribution is -2.54. The van der Waals surface area contributed by atoms with Gasteiger partial charge in [-0.05, 0) is 61.5 Å². The number of carbonyl (C=O) groups is 1. The van der Waals surface area contributed by atoms with E-state index in [1.54, 1.807) is 47.6 Å². The highest BCUT2D eigenvalue weighted by Gasteiger charge is 2.29. The summed E-state index contributed by atoms with van der Waals surface area (Å²) in [6.07, 6.45) is 3.40. The minimum atomic E-state index is -0.371. The van der Waals surface area contributed by atoms with Crippen LogP contribution in [0.1, 0.15) is 6.92 Å². The molecule has 0 N–H and O–H groups in total. The smallest absolute Gasteiger partial charge is 0.244 e. The number of anilines is 1. The lowest BCUT2D eigenvalue weighted by atomic mass is 10.2. The molecule has 0 radical (unpaired) electrons. The number of hydrogen-bond donors (Lipinski definition) is 0. The first-order chi connectivity index (χ1) is 17.0. The summed E-state index contributed by atoms with van der Waals surface area (Å²) in [7, 11) is 0. The lowest BCUT2D eigenvalue weighted by Gasteiger charge is -2.39. The first-order valence-electron chi connectivity index (χ1n) is 11.3. The Bertz CT molecular complexity index is 1310. The standard InChI is InChI=1S/C25H23F2N7O/c1-17-15-32(13-14-33(17)25-28-11-2-12-29-25)22(35)16-34-24(19-5-9-21(27)10-6-19)30-23(31-34)18-3-7-20(26)8-4-18/h2-12,17H,13-16H2,1H3. The molecule has 0 spiro atoms. The molecule has 2 aromatic heterocycles. The molecule has 1 fully saturated rings. The van der Waals surface area contributed by atoms with E-state index in [-0.39, 0.29) is 30.1 Å². The Labute approximate surface area is 200 Å². The van der Waals surface area contributed by atoms with E-state index >= 15 is 0 Å². The molecule has 1 amide bonds. The van der Waals surface area contributed by atoms with Crippen molar-refractivity contribution in [1.29, 1.82) is 0 Å². The Hall–Kier alpha value is -4.21. The number of halogens is 2. The molecule has 1 atom stereocenters. The zero-order valence-corrected chi connectivity index (χ0v) is 19.1. The van der Waals surface area contributed by atoms with Crippen molar-refractivity contribution >= 4 is 11.9 Å². The summed E-state index contributed by atoms with van der Waals surface area (Å²) in [5.41, 5.74) is 1.24. The van der Waals surface area contributed by atoms with E-state index in [9.17, 15) is 13.6 Å².